The van der Waals surface area contributed by atoms with E-state index < -0.39 is 11.7 Å². The van der Waals surface area contributed by atoms with E-state index in [-0.39, 0.29) is 16.8 Å². The van der Waals surface area contributed by atoms with Gasteiger partial charge in [-0.2, -0.15) is 10.1 Å². The molecule has 3 N–H and O–H groups in total. The summed E-state index contributed by atoms with van der Waals surface area (Å²) in [5.74, 6) is -0.281. The molecule has 0 fully saturated rings. The van der Waals surface area contributed by atoms with E-state index in [0.717, 1.165) is 11.6 Å². The predicted molar refractivity (Wildman–Crippen MR) is 125 cm³/mol. The quantitative estimate of drug-likeness (QED) is 0.440. The molecule has 0 unspecified atom stereocenters. The number of aryl methyl sites for hydroxylation is 1. The smallest absolute Gasteiger partial charge is 0.247 e. The van der Waals surface area contributed by atoms with Crippen molar-refractivity contribution in [3.8, 4) is 0 Å². The Balaban J connectivity index is 1.70. The molecule has 9 nitrogen and oxygen atoms in total. The lowest BCUT2D eigenvalue weighted by Crippen LogP contribution is -2.10. The highest BCUT2D eigenvalue weighted by Gasteiger charge is 2.17. The Kier molecular flexibility index (Phi) is 6.66. The number of benzene rings is 1. The van der Waals surface area contributed by atoms with Crippen LogP contribution in [0.5, 0.6) is 0 Å². The molecule has 1 aliphatic heterocycles. The zero-order valence-corrected chi connectivity index (χ0v) is 18.5. The first-order valence-electron chi connectivity index (χ1n) is 10.0. The Hall–Kier alpha value is -3.76. The van der Waals surface area contributed by atoms with Crippen LogP contribution in [0.3, 0.4) is 0 Å². The fourth-order valence-corrected chi connectivity index (χ4v) is 3.44. The Bertz CT molecular complexity index is 1240. The van der Waals surface area contributed by atoms with E-state index in [1.807, 2.05) is 6.08 Å². The van der Waals surface area contributed by atoms with Gasteiger partial charge in [0.2, 0.25) is 11.9 Å². The van der Waals surface area contributed by atoms with Crippen LogP contribution in [0.4, 0.5) is 33.2 Å². The van der Waals surface area contributed by atoms with Gasteiger partial charge in [-0.3, -0.25) is 9.48 Å². The fraction of sp³-hybridized carbons (Fsp3) is 0.182. The van der Waals surface area contributed by atoms with Gasteiger partial charge in [-0.1, -0.05) is 24.3 Å². The van der Waals surface area contributed by atoms with Crippen molar-refractivity contribution in [2.24, 2.45) is 7.05 Å². The van der Waals surface area contributed by atoms with Crippen molar-refractivity contribution in [3.05, 3.63) is 65.9 Å². The largest absolute Gasteiger partial charge is 0.377 e. The molecule has 0 radical (unpaired) electrons. The number of ether oxygens (including phenoxy) is 1. The fourth-order valence-electron chi connectivity index (χ4n) is 3.23. The van der Waals surface area contributed by atoms with Gasteiger partial charge < -0.3 is 20.7 Å². The minimum atomic E-state index is -0.512. The summed E-state index contributed by atoms with van der Waals surface area (Å²) in [5.41, 5.74) is 2.76. The summed E-state index contributed by atoms with van der Waals surface area (Å²) >= 11 is 6.13. The molecular formula is C22H21ClFN7O2. The second kappa shape index (κ2) is 9.80. The van der Waals surface area contributed by atoms with Crippen molar-refractivity contribution in [3.63, 3.8) is 0 Å². The first kappa shape index (κ1) is 22.4. The van der Waals surface area contributed by atoms with Gasteiger partial charge >= 0.3 is 0 Å². The molecule has 170 valence electrons. The summed E-state index contributed by atoms with van der Waals surface area (Å²) in [6.45, 7) is 4.46. The summed E-state index contributed by atoms with van der Waals surface area (Å²) in [6.07, 6.45) is 7.09. The number of rotatable bonds is 7. The lowest BCUT2D eigenvalue weighted by molar-refractivity contribution is -0.111. The van der Waals surface area contributed by atoms with Crippen LogP contribution in [0.25, 0.3) is 5.57 Å². The van der Waals surface area contributed by atoms with Crippen LogP contribution in [-0.2, 0) is 16.6 Å². The number of carbonyl (C=O) groups excluding carboxylic acids is 1. The zero-order valence-electron chi connectivity index (χ0n) is 17.7. The van der Waals surface area contributed by atoms with Gasteiger partial charge in [-0.15, -0.1) is 0 Å². The summed E-state index contributed by atoms with van der Waals surface area (Å²) in [7, 11) is 1.74. The van der Waals surface area contributed by atoms with Crippen LogP contribution >= 0.6 is 11.6 Å². The topological polar surface area (TPSA) is 106 Å². The molecule has 2 aromatic heterocycles. The number of hydrogen-bond acceptors (Lipinski definition) is 7. The number of aromatic nitrogens is 4. The average Bonchev–Trinajstić information content (AvgIpc) is 3.13. The summed E-state index contributed by atoms with van der Waals surface area (Å²) in [4.78, 5) is 20.6. The van der Waals surface area contributed by atoms with Gasteiger partial charge in [0, 0.05) is 30.7 Å². The normalized spacial score (nSPS) is 13.2. The minimum absolute atomic E-state index is 0.134. The number of nitrogens with one attached hydrogen (secondary N) is 3. The number of amides is 1. The zero-order chi connectivity index (χ0) is 23.4. The number of hydrogen-bond donors (Lipinski definition) is 3. The van der Waals surface area contributed by atoms with E-state index in [1.165, 1.54) is 18.2 Å². The lowest BCUT2D eigenvalue weighted by Gasteiger charge is -2.18. The molecule has 1 amide bonds. The summed E-state index contributed by atoms with van der Waals surface area (Å²) in [6, 6.07) is 4.19. The standard InChI is InChI=1S/C22H21ClFN7O2/c1-3-19(32)26-14-4-5-16(24)17(10-14)27-21-15(13-6-8-33-9-7-13)11-25-22(29-21)28-18-12-31(2)30-20(18)23/h3-6,10-12H,1,7-9H2,2H3,(H,26,32)(H2,25,27,28,29). The number of anilines is 5. The first-order valence-corrected chi connectivity index (χ1v) is 10.4. The average molecular weight is 470 g/mol. The number of carbonyl (C=O) groups is 1. The lowest BCUT2D eigenvalue weighted by atomic mass is 10.0. The molecule has 0 saturated carbocycles. The second-order valence-electron chi connectivity index (χ2n) is 7.16. The van der Waals surface area contributed by atoms with Crippen molar-refractivity contribution in [1.82, 2.24) is 19.7 Å². The molecule has 0 spiro atoms. The van der Waals surface area contributed by atoms with Crippen molar-refractivity contribution in [2.75, 3.05) is 29.2 Å². The van der Waals surface area contributed by atoms with Crippen LogP contribution < -0.4 is 16.0 Å². The van der Waals surface area contributed by atoms with Crippen LogP contribution in [0.2, 0.25) is 5.15 Å². The monoisotopic (exact) mass is 469 g/mol. The molecular weight excluding hydrogens is 449 g/mol. The second-order valence-corrected chi connectivity index (χ2v) is 7.51. The number of nitrogens with zero attached hydrogens (tertiary/aromatic N) is 4. The van der Waals surface area contributed by atoms with Gasteiger partial charge in [0.1, 0.15) is 11.6 Å². The molecule has 3 aromatic rings. The molecule has 0 saturated heterocycles. The molecule has 0 atom stereocenters. The van der Waals surface area contributed by atoms with E-state index in [4.69, 9.17) is 16.3 Å². The molecule has 1 aromatic carbocycles. The van der Waals surface area contributed by atoms with Gasteiger partial charge in [0.15, 0.2) is 5.15 Å². The van der Waals surface area contributed by atoms with E-state index >= 15 is 0 Å². The third kappa shape index (κ3) is 5.36. The Morgan fingerprint density at radius 3 is 2.88 bits per heavy atom. The van der Waals surface area contributed by atoms with Crippen LogP contribution in [0.15, 0.2) is 49.3 Å². The molecule has 33 heavy (non-hydrogen) atoms. The van der Waals surface area contributed by atoms with Crippen molar-refractivity contribution in [2.45, 2.75) is 6.42 Å². The van der Waals surface area contributed by atoms with Gasteiger partial charge in [-0.25, -0.2) is 9.37 Å². The maximum Gasteiger partial charge on any atom is 0.247 e. The summed E-state index contributed by atoms with van der Waals surface area (Å²) < 4.78 is 21.6. The first-order chi connectivity index (χ1) is 15.9. The minimum Gasteiger partial charge on any atom is -0.377 e. The van der Waals surface area contributed by atoms with E-state index in [1.54, 1.807) is 24.1 Å². The Morgan fingerprint density at radius 1 is 1.33 bits per heavy atom. The van der Waals surface area contributed by atoms with Crippen molar-refractivity contribution >= 4 is 51.9 Å². The third-order valence-corrected chi connectivity index (χ3v) is 5.08. The highest BCUT2D eigenvalue weighted by atomic mass is 35.5. The van der Waals surface area contributed by atoms with Gasteiger partial charge in [0.05, 0.1) is 24.6 Å². The van der Waals surface area contributed by atoms with Crippen molar-refractivity contribution in [1.29, 1.82) is 0 Å². The summed E-state index contributed by atoms with van der Waals surface area (Å²) in [5, 5.41) is 13.0. The van der Waals surface area contributed by atoms with Gasteiger partial charge in [-0.05, 0) is 36.3 Å². The predicted octanol–water partition coefficient (Wildman–Crippen LogP) is 4.42. The van der Waals surface area contributed by atoms with Crippen molar-refractivity contribution < 1.29 is 13.9 Å². The van der Waals surface area contributed by atoms with Crippen LogP contribution in [0, 0.1) is 5.82 Å². The highest BCUT2D eigenvalue weighted by molar-refractivity contribution is 6.32. The molecule has 4 rings (SSSR count). The number of halogens is 2. The molecule has 1 aliphatic rings. The highest BCUT2D eigenvalue weighted by Crippen LogP contribution is 2.32. The van der Waals surface area contributed by atoms with Crippen LogP contribution in [-0.4, -0.2) is 38.9 Å². The van der Waals surface area contributed by atoms with Crippen LogP contribution in [0.1, 0.15) is 12.0 Å². The van der Waals surface area contributed by atoms with E-state index in [2.05, 4.69) is 37.6 Å². The molecule has 11 heteroatoms. The third-order valence-electron chi connectivity index (χ3n) is 4.80. The van der Waals surface area contributed by atoms with E-state index in [0.29, 0.717) is 42.4 Å². The SMILES string of the molecule is C=CC(=O)Nc1ccc(F)c(Nc2nc(Nc3cn(C)nc3Cl)ncc2C2=CCOCC2)c1. The van der Waals surface area contributed by atoms with E-state index in [9.17, 15) is 9.18 Å². The maximum absolute atomic E-state index is 14.6. The molecule has 3 heterocycles. The molecule has 0 aliphatic carbocycles. The molecule has 0 bridgehead atoms. The van der Waals surface area contributed by atoms with Gasteiger partial charge in [0.25, 0.3) is 0 Å². The Morgan fingerprint density at radius 2 is 2.18 bits per heavy atom. The Labute approximate surface area is 194 Å². The maximum atomic E-state index is 14.6.